The van der Waals surface area contributed by atoms with Crippen LogP contribution in [0.2, 0.25) is 0 Å². The molecule has 1 rings (SSSR count). The van der Waals surface area contributed by atoms with E-state index in [-0.39, 0.29) is 6.04 Å². The van der Waals surface area contributed by atoms with Crippen LogP contribution < -0.4 is 10.6 Å². The average molecular weight is 300 g/mol. The molecular formula is C13H20N2O4S. The quantitative estimate of drug-likeness (QED) is 0.632. The molecule has 20 heavy (non-hydrogen) atoms. The summed E-state index contributed by atoms with van der Waals surface area (Å²) in [6.07, 6.45) is -0.480. The number of aliphatic carboxylic acids is 1. The molecule has 0 spiro atoms. The Morgan fingerprint density at radius 3 is 2.40 bits per heavy atom. The van der Waals surface area contributed by atoms with Crippen molar-refractivity contribution in [2.45, 2.75) is 45.4 Å². The largest absolute Gasteiger partial charge is 0.480 e. The number of nitrogens with one attached hydrogen (secondary N) is 2. The second-order valence-corrected chi connectivity index (χ2v) is 6.16. The lowest BCUT2D eigenvalue weighted by Crippen LogP contribution is -2.52. The Kier molecular flexibility index (Phi) is 5.97. The number of carbonyl (C=O) groups excluding carboxylic acids is 1. The van der Waals surface area contributed by atoms with Gasteiger partial charge in [-0.05, 0) is 32.9 Å². The van der Waals surface area contributed by atoms with Crippen molar-refractivity contribution in [3.05, 3.63) is 21.9 Å². The summed E-state index contributed by atoms with van der Waals surface area (Å²) in [4.78, 5) is 24.9. The van der Waals surface area contributed by atoms with E-state index < -0.39 is 24.1 Å². The molecule has 3 atom stereocenters. The molecule has 1 aromatic rings. The summed E-state index contributed by atoms with van der Waals surface area (Å²) in [6, 6.07) is 1.98. The molecular weight excluding hydrogens is 280 g/mol. The Labute approximate surface area is 121 Å². The predicted octanol–water partition coefficient (Wildman–Crippen LogP) is 1.12. The first-order valence-corrected chi connectivity index (χ1v) is 7.14. The van der Waals surface area contributed by atoms with Crippen LogP contribution in [0.3, 0.4) is 0 Å². The summed E-state index contributed by atoms with van der Waals surface area (Å²) in [5.74, 6) is -1.27. The van der Waals surface area contributed by atoms with Crippen LogP contribution in [0.4, 0.5) is 4.79 Å². The van der Waals surface area contributed by atoms with Gasteiger partial charge in [-0.2, -0.15) is 0 Å². The zero-order valence-electron chi connectivity index (χ0n) is 11.7. The molecule has 0 bridgehead atoms. The fourth-order valence-corrected chi connectivity index (χ4v) is 2.76. The molecule has 0 saturated carbocycles. The lowest BCUT2D eigenvalue weighted by atomic mass is 10.2. The second-order valence-electron chi connectivity index (χ2n) is 4.79. The zero-order chi connectivity index (χ0) is 15.3. The van der Waals surface area contributed by atoms with Gasteiger partial charge in [-0.3, -0.25) is 0 Å². The number of carbonyl (C=O) groups is 2. The molecule has 0 saturated heterocycles. The number of thiophene rings is 1. The van der Waals surface area contributed by atoms with Crippen LogP contribution in [0.1, 0.15) is 23.6 Å². The minimum absolute atomic E-state index is 0.128. The third-order valence-corrected chi connectivity index (χ3v) is 3.74. The van der Waals surface area contributed by atoms with Crippen molar-refractivity contribution in [2.24, 2.45) is 0 Å². The SMILES string of the molecule is Cc1ccc(CC(C)NC(=O)N[C@H](C(=O)O)[C@@H](C)O)s1. The topological polar surface area (TPSA) is 98.7 Å². The summed E-state index contributed by atoms with van der Waals surface area (Å²) in [6.45, 7) is 5.17. The van der Waals surface area contributed by atoms with Crippen LogP contribution in [0.5, 0.6) is 0 Å². The van der Waals surface area contributed by atoms with Gasteiger partial charge >= 0.3 is 12.0 Å². The number of amides is 2. The monoisotopic (exact) mass is 300 g/mol. The van der Waals surface area contributed by atoms with Gasteiger partial charge in [0.2, 0.25) is 0 Å². The van der Waals surface area contributed by atoms with Gasteiger partial charge in [0, 0.05) is 22.2 Å². The van der Waals surface area contributed by atoms with Crippen LogP contribution in [0.15, 0.2) is 12.1 Å². The minimum Gasteiger partial charge on any atom is -0.480 e. The van der Waals surface area contributed by atoms with Crippen molar-refractivity contribution in [2.75, 3.05) is 0 Å². The summed E-state index contributed by atoms with van der Waals surface area (Å²) in [7, 11) is 0. The molecule has 0 aliphatic heterocycles. The third-order valence-electron chi connectivity index (χ3n) is 2.72. The number of aliphatic hydroxyl groups excluding tert-OH is 1. The minimum atomic E-state index is -1.31. The van der Waals surface area contributed by atoms with Crippen LogP contribution in [-0.2, 0) is 11.2 Å². The molecule has 0 aliphatic carbocycles. The fourth-order valence-electron chi connectivity index (χ4n) is 1.74. The van der Waals surface area contributed by atoms with Crippen molar-refractivity contribution in [1.29, 1.82) is 0 Å². The number of carboxylic acids is 1. The van der Waals surface area contributed by atoms with Crippen molar-refractivity contribution >= 4 is 23.3 Å². The fraction of sp³-hybridized carbons (Fsp3) is 0.538. The highest BCUT2D eigenvalue weighted by Gasteiger charge is 2.25. The van der Waals surface area contributed by atoms with E-state index >= 15 is 0 Å². The Hall–Kier alpha value is -1.60. The first-order chi connectivity index (χ1) is 9.29. The molecule has 4 N–H and O–H groups in total. The molecule has 7 heteroatoms. The third kappa shape index (κ3) is 5.18. The van der Waals surface area contributed by atoms with Crippen LogP contribution in [0.25, 0.3) is 0 Å². The molecule has 0 aromatic carbocycles. The summed E-state index contributed by atoms with van der Waals surface area (Å²) in [5.41, 5.74) is 0. The standard InChI is InChI=1S/C13H20N2O4S/c1-7(6-10-5-4-8(2)20-10)14-13(19)15-11(9(3)16)12(17)18/h4-5,7,9,11,16H,6H2,1-3H3,(H,17,18)(H2,14,15,19)/t7?,9-,11+/m1/s1. The van der Waals surface area contributed by atoms with Crippen LogP contribution >= 0.6 is 11.3 Å². The maximum Gasteiger partial charge on any atom is 0.328 e. The lowest BCUT2D eigenvalue weighted by molar-refractivity contribution is -0.141. The summed E-state index contributed by atoms with van der Waals surface area (Å²) < 4.78 is 0. The average Bonchev–Trinajstić information content (AvgIpc) is 2.70. The van der Waals surface area contributed by atoms with Crippen LogP contribution in [0, 0.1) is 6.92 Å². The number of hydrogen-bond donors (Lipinski definition) is 4. The van der Waals surface area contributed by atoms with Crippen LogP contribution in [-0.4, -0.2) is 40.4 Å². The molecule has 1 aromatic heterocycles. The van der Waals surface area contributed by atoms with Gasteiger partial charge < -0.3 is 20.8 Å². The smallest absolute Gasteiger partial charge is 0.328 e. The van der Waals surface area contributed by atoms with E-state index in [1.165, 1.54) is 11.8 Å². The van der Waals surface area contributed by atoms with Crippen molar-refractivity contribution in [3.63, 3.8) is 0 Å². The van der Waals surface area contributed by atoms with Gasteiger partial charge in [0.1, 0.15) is 0 Å². The predicted molar refractivity (Wildman–Crippen MR) is 77.0 cm³/mol. The van der Waals surface area contributed by atoms with Gasteiger partial charge in [0.15, 0.2) is 6.04 Å². The van der Waals surface area contributed by atoms with E-state index in [2.05, 4.69) is 10.6 Å². The second kappa shape index (κ2) is 7.25. The number of aryl methyl sites for hydroxylation is 1. The molecule has 0 radical (unpaired) electrons. The Morgan fingerprint density at radius 2 is 1.95 bits per heavy atom. The van der Waals surface area contributed by atoms with Gasteiger partial charge in [-0.1, -0.05) is 0 Å². The molecule has 0 aliphatic rings. The molecule has 0 fully saturated rings. The molecule has 112 valence electrons. The number of rotatable bonds is 6. The Morgan fingerprint density at radius 1 is 1.30 bits per heavy atom. The van der Waals surface area contributed by atoms with E-state index in [0.717, 1.165) is 4.88 Å². The van der Waals surface area contributed by atoms with Crippen molar-refractivity contribution < 1.29 is 19.8 Å². The lowest BCUT2D eigenvalue weighted by Gasteiger charge is -2.19. The molecule has 6 nitrogen and oxygen atoms in total. The molecule has 2 amide bonds. The molecule has 1 heterocycles. The van der Waals surface area contributed by atoms with Gasteiger partial charge in [0.05, 0.1) is 6.10 Å². The number of carboxylic acid groups (broad SMARTS) is 1. The highest BCUT2D eigenvalue weighted by atomic mass is 32.1. The maximum absolute atomic E-state index is 11.7. The molecule has 1 unspecified atom stereocenters. The maximum atomic E-state index is 11.7. The first-order valence-electron chi connectivity index (χ1n) is 6.32. The van der Waals surface area contributed by atoms with E-state index in [1.54, 1.807) is 11.3 Å². The van der Waals surface area contributed by atoms with Crippen molar-refractivity contribution in [3.8, 4) is 0 Å². The van der Waals surface area contributed by atoms with E-state index in [9.17, 15) is 14.7 Å². The summed E-state index contributed by atoms with van der Waals surface area (Å²) >= 11 is 1.66. The first kappa shape index (κ1) is 16.5. The van der Waals surface area contributed by atoms with E-state index in [4.69, 9.17) is 5.11 Å². The number of urea groups is 1. The Balaban J connectivity index is 2.46. The van der Waals surface area contributed by atoms with Gasteiger partial charge in [-0.15, -0.1) is 11.3 Å². The highest BCUT2D eigenvalue weighted by Crippen LogP contribution is 2.16. The number of aliphatic hydroxyl groups is 1. The van der Waals surface area contributed by atoms with Gasteiger partial charge in [0.25, 0.3) is 0 Å². The van der Waals surface area contributed by atoms with Crippen molar-refractivity contribution in [1.82, 2.24) is 10.6 Å². The van der Waals surface area contributed by atoms with Gasteiger partial charge in [-0.25, -0.2) is 9.59 Å². The summed E-state index contributed by atoms with van der Waals surface area (Å²) in [5, 5.41) is 23.0. The van der Waals surface area contributed by atoms with E-state index in [0.29, 0.717) is 6.42 Å². The normalized spacial score (nSPS) is 15.2. The number of hydrogen-bond acceptors (Lipinski definition) is 4. The van der Waals surface area contributed by atoms with E-state index in [1.807, 2.05) is 26.0 Å². The highest BCUT2D eigenvalue weighted by molar-refractivity contribution is 7.11. The zero-order valence-corrected chi connectivity index (χ0v) is 12.5. The Bertz CT molecular complexity index is 473.